The molecule has 0 fully saturated rings. The zero-order valence-corrected chi connectivity index (χ0v) is 19.6. The van der Waals surface area contributed by atoms with Crippen LogP contribution in [0.3, 0.4) is 0 Å². The van der Waals surface area contributed by atoms with Crippen molar-refractivity contribution in [1.29, 1.82) is 0 Å². The smallest absolute Gasteiger partial charge is 0.129 e. The molecule has 4 aromatic rings. The van der Waals surface area contributed by atoms with Crippen LogP contribution in [-0.2, 0) is 13.1 Å². The van der Waals surface area contributed by atoms with E-state index in [1.165, 1.54) is 0 Å². The molecule has 1 N–H and O–H groups in total. The van der Waals surface area contributed by atoms with E-state index in [-0.39, 0.29) is 5.41 Å². The molecule has 0 saturated carbocycles. The van der Waals surface area contributed by atoms with E-state index in [2.05, 4.69) is 69.8 Å². The molecular formula is C21H21BrClN5S. The minimum Gasteiger partial charge on any atom is -0.378 e. The quantitative estimate of drug-likeness (QED) is 0.341. The Balaban J connectivity index is 1.51. The highest BCUT2D eigenvalue weighted by molar-refractivity contribution is 9.10. The van der Waals surface area contributed by atoms with Gasteiger partial charge in [0, 0.05) is 22.5 Å². The first-order valence-electron chi connectivity index (χ1n) is 9.26. The predicted molar refractivity (Wildman–Crippen MR) is 125 cm³/mol. The van der Waals surface area contributed by atoms with Gasteiger partial charge in [-0.05, 0) is 45.6 Å². The van der Waals surface area contributed by atoms with Gasteiger partial charge in [-0.1, -0.05) is 49.7 Å². The number of fused-ring (bicyclic) bond motifs is 1. The van der Waals surface area contributed by atoms with Crippen LogP contribution in [0.1, 0.15) is 26.5 Å². The fourth-order valence-corrected chi connectivity index (χ4v) is 4.60. The number of hydrogen-bond donors (Lipinski definition) is 1. The Bertz CT molecular complexity index is 1160. The van der Waals surface area contributed by atoms with Gasteiger partial charge in [0.1, 0.15) is 10.5 Å². The molecular weight excluding hydrogens is 470 g/mol. The van der Waals surface area contributed by atoms with Crippen molar-refractivity contribution in [2.24, 2.45) is 5.41 Å². The van der Waals surface area contributed by atoms with Crippen LogP contribution in [0.5, 0.6) is 0 Å². The summed E-state index contributed by atoms with van der Waals surface area (Å²) < 4.78 is 2.88. The molecule has 0 aliphatic heterocycles. The van der Waals surface area contributed by atoms with Gasteiger partial charge < -0.3 is 5.32 Å². The second-order valence-corrected chi connectivity index (χ2v) is 10.2. The Hall–Kier alpha value is -1.96. The monoisotopic (exact) mass is 489 g/mol. The number of hydrogen-bond acceptors (Lipinski definition) is 5. The van der Waals surface area contributed by atoms with Gasteiger partial charge in [-0.25, -0.2) is 9.67 Å². The first-order valence-corrected chi connectivity index (χ1v) is 11.3. The molecule has 0 bridgehead atoms. The normalized spacial score (nSPS) is 11.9. The standard InChI is InChI=1S/C21H21BrClN5S/c1-21(2,3)12-28-17-8-7-16(18(22)19(17)26-27-28)24-10-15-11-29-20(25-15)13-5-4-6-14(23)9-13/h4-9,11,24H,10,12H2,1-3H3. The van der Waals surface area contributed by atoms with Crippen LogP contribution in [0.2, 0.25) is 5.02 Å². The van der Waals surface area contributed by atoms with Crippen LogP contribution in [-0.4, -0.2) is 20.0 Å². The molecule has 2 aromatic heterocycles. The van der Waals surface area contributed by atoms with Gasteiger partial charge in [0.05, 0.1) is 27.9 Å². The summed E-state index contributed by atoms with van der Waals surface area (Å²) in [6, 6.07) is 11.9. The maximum Gasteiger partial charge on any atom is 0.129 e. The van der Waals surface area contributed by atoms with Crippen LogP contribution in [0.15, 0.2) is 46.3 Å². The average molecular weight is 491 g/mol. The molecule has 2 aromatic carbocycles. The Morgan fingerprint density at radius 3 is 2.79 bits per heavy atom. The van der Waals surface area contributed by atoms with E-state index in [0.717, 1.165) is 44.0 Å². The number of benzene rings is 2. The molecule has 2 heterocycles. The van der Waals surface area contributed by atoms with Crippen LogP contribution < -0.4 is 5.32 Å². The summed E-state index contributed by atoms with van der Waals surface area (Å²) in [5, 5.41) is 15.9. The lowest BCUT2D eigenvalue weighted by Crippen LogP contribution is -2.16. The van der Waals surface area contributed by atoms with E-state index in [1.807, 2.05) is 28.9 Å². The third-order valence-corrected chi connectivity index (χ3v) is 6.31. The number of halogens is 2. The maximum absolute atomic E-state index is 6.09. The molecule has 29 heavy (non-hydrogen) atoms. The number of rotatable bonds is 5. The van der Waals surface area contributed by atoms with Crippen molar-refractivity contribution in [3.8, 4) is 10.6 Å². The van der Waals surface area contributed by atoms with Crippen LogP contribution >= 0.6 is 38.9 Å². The average Bonchev–Trinajstić information content (AvgIpc) is 3.28. The van der Waals surface area contributed by atoms with E-state index < -0.39 is 0 Å². The molecule has 0 spiro atoms. The Morgan fingerprint density at radius 2 is 2.03 bits per heavy atom. The molecule has 0 unspecified atom stereocenters. The Morgan fingerprint density at radius 1 is 1.21 bits per heavy atom. The lowest BCUT2D eigenvalue weighted by Gasteiger charge is -2.18. The predicted octanol–water partition coefficient (Wildman–Crippen LogP) is 6.63. The minimum absolute atomic E-state index is 0.134. The first kappa shape index (κ1) is 20.3. The number of aromatic nitrogens is 4. The Labute approximate surface area is 187 Å². The van der Waals surface area contributed by atoms with E-state index >= 15 is 0 Å². The molecule has 150 valence electrons. The van der Waals surface area contributed by atoms with Crippen molar-refractivity contribution in [3.05, 3.63) is 57.0 Å². The molecule has 0 aliphatic rings. The van der Waals surface area contributed by atoms with Gasteiger partial charge in [0.25, 0.3) is 0 Å². The highest BCUT2D eigenvalue weighted by Gasteiger charge is 2.17. The largest absolute Gasteiger partial charge is 0.378 e. The lowest BCUT2D eigenvalue weighted by atomic mass is 9.97. The molecule has 0 amide bonds. The van der Waals surface area contributed by atoms with Crippen molar-refractivity contribution in [2.45, 2.75) is 33.9 Å². The van der Waals surface area contributed by atoms with Gasteiger partial charge in [0.15, 0.2) is 0 Å². The van der Waals surface area contributed by atoms with Crippen molar-refractivity contribution < 1.29 is 0 Å². The van der Waals surface area contributed by atoms with Crippen LogP contribution in [0.25, 0.3) is 21.6 Å². The third kappa shape index (κ3) is 4.63. The fourth-order valence-electron chi connectivity index (χ4n) is 3.04. The minimum atomic E-state index is 0.134. The third-order valence-electron chi connectivity index (χ3n) is 4.33. The second-order valence-electron chi connectivity index (χ2n) is 8.11. The molecule has 8 heteroatoms. The van der Waals surface area contributed by atoms with Crippen LogP contribution in [0, 0.1) is 5.41 Å². The fraction of sp³-hybridized carbons (Fsp3) is 0.286. The highest BCUT2D eigenvalue weighted by atomic mass is 79.9. The van der Waals surface area contributed by atoms with Crippen molar-refractivity contribution in [1.82, 2.24) is 20.0 Å². The Kier molecular flexibility index (Phi) is 5.64. The summed E-state index contributed by atoms with van der Waals surface area (Å²) in [6.07, 6.45) is 0. The van der Waals surface area contributed by atoms with Crippen molar-refractivity contribution in [2.75, 3.05) is 5.32 Å². The van der Waals surface area contributed by atoms with E-state index in [0.29, 0.717) is 11.6 Å². The lowest BCUT2D eigenvalue weighted by molar-refractivity contribution is 0.327. The van der Waals surface area contributed by atoms with E-state index in [1.54, 1.807) is 11.3 Å². The van der Waals surface area contributed by atoms with E-state index in [4.69, 9.17) is 16.6 Å². The van der Waals surface area contributed by atoms with Crippen molar-refractivity contribution >= 4 is 55.6 Å². The van der Waals surface area contributed by atoms with Gasteiger partial charge in [-0.2, -0.15) is 0 Å². The summed E-state index contributed by atoms with van der Waals surface area (Å²) in [5.74, 6) is 0. The van der Waals surface area contributed by atoms with Crippen LogP contribution in [0.4, 0.5) is 5.69 Å². The van der Waals surface area contributed by atoms with Crippen molar-refractivity contribution in [3.63, 3.8) is 0 Å². The molecule has 4 rings (SSSR count). The number of nitrogens with zero attached hydrogens (tertiary/aromatic N) is 4. The summed E-state index contributed by atoms with van der Waals surface area (Å²) >= 11 is 11.4. The van der Waals surface area contributed by atoms with Gasteiger partial charge in [-0.15, -0.1) is 16.4 Å². The molecule has 0 aliphatic carbocycles. The zero-order valence-electron chi connectivity index (χ0n) is 16.4. The molecule has 0 radical (unpaired) electrons. The number of anilines is 1. The summed E-state index contributed by atoms with van der Waals surface area (Å²) in [4.78, 5) is 4.72. The molecule has 0 saturated heterocycles. The van der Waals surface area contributed by atoms with Gasteiger partial charge >= 0.3 is 0 Å². The topological polar surface area (TPSA) is 55.6 Å². The second kappa shape index (κ2) is 8.05. The first-order chi connectivity index (χ1) is 13.8. The van der Waals surface area contributed by atoms with Gasteiger partial charge in [-0.3, -0.25) is 0 Å². The SMILES string of the molecule is CC(C)(C)Cn1nnc2c(Br)c(NCc3csc(-c4cccc(Cl)c4)n3)ccc21. The summed E-state index contributed by atoms with van der Waals surface area (Å²) in [6.45, 7) is 8.01. The van der Waals surface area contributed by atoms with E-state index in [9.17, 15) is 0 Å². The maximum atomic E-state index is 6.09. The number of thiazole rings is 1. The zero-order chi connectivity index (χ0) is 20.6. The number of nitrogens with one attached hydrogen (secondary N) is 1. The summed E-state index contributed by atoms with van der Waals surface area (Å²) in [7, 11) is 0. The van der Waals surface area contributed by atoms with Gasteiger partial charge in [0.2, 0.25) is 0 Å². The molecule has 0 atom stereocenters. The summed E-state index contributed by atoms with van der Waals surface area (Å²) in [5.41, 5.74) is 5.00. The molecule has 5 nitrogen and oxygen atoms in total. The highest BCUT2D eigenvalue weighted by Crippen LogP contribution is 2.32.